The summed E-state index contributed by atoms with van der Waals surface area (Å²) < 4.78 is 111. The highest BCUT2D eigenvalue weighted by Crippen LogP contribution is 2.67. The average molecular weight is 1670 g/mol. The second-order valence-corrected chi connectivity index (χ2v) is 35.9. The van der Waals surface area contributed by atoms with Crippen molar-refractivity contribution in [2.75, 3.05) is 71.3 Å². The number of hydrogen-bond donors (Lipinski definition) is 6. The van der Waals surface area contributed by atoms with Crippen LogP contribution in [0.3, 0.4) is 0 Å². The van der Waals surface area contributed by atoms with Crippen LogP contribution in [0.1, 0.15) is 166 Å². The van der Waals surface area contributed by atoms with Gasteiger partial charge in [0.25, 0.3) is 5.91 Å². The van der Waals surface area contributed by atoms with E-state index in [-0.39, 0.29) is 89.0 Å². The monoisotopic (exact) mass is 1670 g/mol. The third-order valence-corrected chi connectivity index (χ3v) is 23.3. The maximum Gasteiger partial charge on any atom is 0.410 e. The fourth-order valence-corrected chi connectivity index (χ4v) is 15.4. The molecule has 33 heteroatoms. The minimum atomic E-state index is -5.62. The molecule has 4 heterocycles. The van der Waals surface area contributed by atoms with Crippen LogP contribution >= 0.6 is 18.9 Å². The molecule has 0 spiro atoms. The molecule has 4 aromatic carbocycles. The van der Waals surface area contributed by atoms with E-state index in [4.69, 9.17) is 47.9 Å². The fourth-order valence-electron chi connectivity index (χ4n) is 13.3. The van der Waals surface area contributed by atoms with Crippen LogP contribution in [-0.4, -0.2) is 183 Å². The van der Waals surface area contributed by atoms with Crippen molar-refractivity contribution in [3.8, 4) is 16.2 Å². The molecular formula is C84H110F3N8O20PS. The van der Waals surface area contributed by atoms with Gasteiger partial charge in [0.2, 0.25) is 49.0 Å². The number of halogens is 3. The molecule has 5 aromatic rings. The predicted molar refractivity (Wildman–Crippen MR) is 428 cm³/mol. The van der Waals surface area contributed by atoms with E-state index in [1.54, 1.807) is 33.2 Å². The molecular weight excluding hydrogens is 1560 g/mol. The van der Waals surface area contributed by atoms with E-state index in [9.17, 15) is 57.2 Å². The second kappa shape index (κ2) is 40.2. The largest absolute Gasteiger partial charge is 0.491 e. The van der Waals surface area contributed by atoms with Crippen molar-refractivity contribution < 1.29 is 108 Å². The second-order valence-electron chi connectivity index (χ2n) is 32.9. The number of primary amides is 1. The first-order valence-corrected chi connectivity index (χ1v) is 41.7. The lowest BCUT2D eigenvalue weighted by molar-refractivity contribution is -0.163. The lowest BCUT2D eigenvalue weighted by Crippen LogP contribution is -2.59. The zero-order valence-corrected chi connectivity index (χ0v) is 70.2. The van der Waals surface area contributed by atoms with E-state index in [1.165, 1.54) is 87.8 Å². The summed E-state index contributed by atoms with van der Waals surface area (Å²) in [7, 11) is -5.62. The van der Waals surface area contributed by atoms with Crippen molar-refractivity contribution in [3.05, 3.63) is 141 Å². The Morgan fingerprint density at radius 3 is 2.00 bits per heavy atom. The van der Waals surface area contributed by atoms with Gasteiger partial charge in [-0.15, -0.1) is 11.3 Å². The van der Waals surface area contributed by atoms with Crippen LogP contribution in [0.4, 0.5) is 18.9 Å². The van der Waals surface area contributed by atoms with Crippen molar-refractivity contribution in [1.29, 1.82) is 0 Å². The van der Waals surface area contributed by atoms with E-state index >= 15 is 8.78 Å². The number of rotatable bonds is 41. The van der Waals surface area contributed by atoms with Crippen molar-refractivity contribution in [3.63, 3.8) is 0 Å². The first-order chi connectivity index (χ1) is 55.2. The SMILES string of the molecule is C/C(=C\C(=O)N[C@H]1CCc2cccc3c2N(C1=O)[C@H](C(=O)N[C@@H](CCC(N)=O)[C@@H](C)OCc1ccc(CCCOCCOCCOCCOc2cc(-c4scnc4C)ccc2CNC(=O)[C@@H]2C[C@@H](O)CN2C(=O)[C@@H](NC(=O)C2(F)CC2)C(C)(C)C)cc1)C3)c1ccc(C(F)(F)P(=O)(OCOC(=O)C(C)(C)C)OCOC(=O)C(C)(C)C)cc1. The van der Waals surface area contributed by atoms with E-state index in [1.807, 2.05) is 67.6 Å². The Bertz CT molecular complexity index is 4390. The predicted octanol–water partition coefficient (Wildman–Crippen LogP) is 10.3. The van der Waals surface area contributed by atoms with Crippen LogP contribution in [0, 0.1) is 23.2 Å². The number of aryl methyl sites for hydroxylation is 3. The van der Waals surface area contributed by atoms with Crippen molar-refractivity contribution in [2.45, 2.75) is 214 Å². The molecule has 3 aliphatic heterocycles. The van der Waals surface area contributed by atoms with Gasteiger partial charge in [-0.05, 0) is 158 Å². The summed E-state index contributed by atoms with van der Waals surface area (Å²) in [6, 6.07) is 18.4. The number of carbonyl (C=O) groups is 9. The Labute approximate surface area is 684 Å². The quantitative estimate of drug-likeness (QED) is 0.00696. The number of nitrogens with one attached hydrogen (secondary N) is 4. The number of thiazole rings is 1. The molecule has 9 rings (SSSR count). The average Bonchev–Trinajstić information content (AvgIpc) is 1.46. The number of β-amino-alcohol motifs (C(OH)–C–C–N with tert-alkyl or cyclic N) is 1. The smallest absolute Gasteiger partial charge is 0.410 e. The Morgan fingerprint density at radius 1 is 0.786 bits per heavy atom. The summed E-state index contributed by atoms with van der Waals surface area (Å²) in [5.41, 5.74) is 4.18. The van der Waals surface area contributed by atoms with Gasteiger partial charge in [0.05, 0.1) is 90.5 Å². The van der Waals surface area contributed by atoms with Crippen LogP contribution < -0.4 is 36.6 Å². The fraction of sp³-hybridized carbons (Fsp3) is 0.548. The molecule has 0 radical (unpaired) electrons. The number of nitrogens with zero attached hydrogens (tertiary/aromatic N) is 3. The van der Waals surface area contributed by atoms with Gasteiger partial charge in [0.15, 0.2) is 5.67 Å². The number of benzene rings is 4. The highest BCUT2D eigenvalue weighted by atomic mass is 32.1. The van der Waals surface area contributed by atoms with Crippen molar-refractivity contribution in [2.24, 2.45) is 22.0 Å². The number of aliphatic hydroxyl groups is 1. The molecule has 0 bridgehead atoms. The number of carbonyl (C=O) groups excluding carboxylic acids is 9. The van der Waals surface area contributed by atoms with Crippen molar-refractivity contribution in [1.82, 2.24) is 31.2 Å². The summed E-state index contributed by atoms with van der Waals surface area (Å²) >= 11 is 1.48. The number of aliphatic hydroxyl groups excluding tert-OH is 1. The standard InChI is InChI=1S/C84H110F3N8O20PS/c1-51(56-24-27-61(28-25-56)84(86,87)116(106,114-49-112-78(104)81(7,8)9)115-50-113-79(105)82(10,11)12)41-69(98)91-64-29-26-57-16-13-17-58-42-66(95(70(57)58)75(64)101)74(100)92-63(30-31-68(88)97)53(3)111-47-55-20-18-54(19-21-55)15-14-34-107-35-36-108-37-38-109-39-40-110-67-43-59(71-52(2)90-48-117-71)22-23-60(67)45-89-73(99)65-44-62(96)46-94(65)76(102)72(80(4,5)6)93-77(103)83(85)32-33-83/h13,16-25,27-28,41,43,48,53,62-66,72,96H,14-15,26,29-40,42,44-47,49-50H2,1-12H3,(H2,88,97)(H,89,99)(H,91,98)(H,92,100)(H,93,103)/b51-41+/t53-,62-,63+,64+,65+,66+,72-/m1/s1. The maximum absolute atomic E-state index is 16.3. The molecule has 117 heavy (non-hydrogen) atoms. The molecule has 638 valence electrons. The number of para-hydroxylation sites is 1. The van der Waals surface area contributed by atoms with Gasteiger partial charge < -0.3 is 70.2 Å². The van der Waals surface area contributed by atoms with Crippen molar-refractivity contribution >= 4 is 83.5 Å². The summed E-state index contributed by atoms with van der Waals surface area (Å²) in [5, 5.41) is 22.0. The molecule has 7 atom stereocenters. The first-order valence-electron chi connectivity index (χ1n) is 39.3. The number of anilines is 1. The zero-order valence-electron chi connectivity index (χ0n) is 68.4. The maximum atomic E-state index is 16.3. The molecule has 28 nitrogen and oxygen atoms in total. The van der Waals surface area contributed by atoms with Gasteiger partial charge in [-0.3, -0.25) is 61.7 Å². The summed E-state index contributed by atoms with van der Waals surface area (Å²) in [6.45, 7) is 19.5. The van der Waals surface area contributed by atoms with Crippen LogP contribution in [0.25, 0.3) is 16.0 Å². The minimum Gasteiger partial charge on any atom is -0.491 e. The molecule has 1 aliphatic carbocycles. The molecule has 7 N–H and O–H groups in total. The first kappa shape index (κ1) is 91.9. The summed E-state index contributed by atoms with van der Waals surface area (Å²) in [5.74, 6) is -5.46. The van der Waals surface area contributed by atoms with Gasteiger partial charge >= 0.3 is 25.2 Å². The molecule has 0 unspecified atom stereocenters. The van der Waals surface area contributed by atoms with E-state index < -0.39 is 150 Å². The highest BCUT2D eigenvalue weighted by Gasteiger charge is 2.57. The van der Waals surface area contributed by atoms with E-state index in [0.717, 1.165) is 63.4 Å². The highest BCUT2D eigenvalue weighted by molar-refractivity contribution is 7.54. The van der Waals surface area contributed by atoms with Crippen LogP contribution in [0.5, 0.6) is 5.75 Å². The van der Waals surface area contributed by atoms with Gasteiger partial charge in [-0.2, -0.15) is 8.78 Å². The molecule has 1 aromatic heterocycles. The Balaban J connectivity index is 0.693. The van der Waals surface area contributed by atoms with Crippen LogP contribution in [0.15, 0.2) is 96.5 Å². The zero-order chi connectivity index (χ0) is 85.4. The molecule has 1 saturated carbocycles. The van der Waals surface area contributed by atoms with Gasteiger partial charge in [-0.25, -0.2) is 9.37 Å². The van der Waals surface area contributed by atoms with Gasteiger partial charge in [-0.1, -0.05) is 99.6 Å². The topological polar surface area (TPSA) is 368 Å². The van der Waals surface area contributed by atoms with Crippen LogP contribution in [0.2, 0.25) is 0 Å². The molecule has 4 aliphatic rings. The number of alkyl halides is 3. The number of amides is 7. The number of esters is 2. The number of aromatic nitrogens is 1. The Hall–Kier alpha value is -8.98. The number of hydrogen-bond acceptors (Lipinski definition) is 22. The summed E-state index contributed by atoms with van der Waals surface area (Å²) in [4.78, 5) is 129. The van der Waals surface area contributed by atoms with E-state index in [2.05, 4.69) is 26.3 Å². The van der Waals surface area contributed by atoms with E-state index in [0.29, 0.717) is 56.5 Å². The number of likely N-dealkylation sites (tertiary alicyclic amines) is 1. The molecule has 1 saturated heterocycles. The Kier molecular flexibility index (Phi) is 31.6. The third kappa shape index (κ3) is 24.8. The minimum absolute atomic E-state index is 0.0171. The number of nitrogens with two attached hydrogens (primary N) is 1. The molecule has 2 fully saturated rings. The van der Waals surface area contributed by atoms with Crippen LogP contribution in [-0.2, 0) is 123 Å². The number of ether oxygens (including phenoxy) is 7. The normalized spacial score (nSPS) is 18.2. The Morgan fingerprint density at radius 2 is 1.40 bits per heavy atom. The van der Waals surface area contributed by atoms with Gasteiger partial charge in [0.1, 0.15) is 36.5 Å². The number of allylic oxidation sites excluding steroid dienone is 1. The molecule has 7 amide bonds. The third-order valence-electron chi connectivity index (χ3n) is 20.4. The van der Waals surface area contributed by atoms with Gasteiger partial charge in [0, 0.05) is 56.2 Å². The lowest BCUT2D eigenvalue weighted by Gasteiger charge is -2.35. The lowest BCUT2D eigenvalue weighted by atomic mass is 9.85. The summed E-state index contributed by atoms with van der Waals surface area (Å²) in [6.07, 6.45) is 1.95.